The number of likely N-dealkylation sites (tertiary alicyclic amines) is 1. The Morgan fingerprint density at radius 2 is 1.68 bits per heavy atom. The van der Waals surface area contributed by atoms with Crippen LogP contribution in [0.5, 0.6) is 11.5 Å². The van der Waals surface area contributed by atoms with Gasteiger partial charge in [0.2, 0.25) is 5.91 Å². The molecular weight excluding hydrogens is 634 g/mol. The third-order valence-corrected chi connectivity index (χ3v) is 8.86. The van der Waals surface area contributed by atoms with Gasteiger partial charge in [-0.3, -0.25) is 14.6 Å². The predicted octanol–water partition coefficient (Wildman–Crippen LogP) is 4.73. The number of piperidine rings is 1. The highest BCUT2D eigenvalue weighted by Gasteiger charge is 2.28. The van der Waals surface area contributed by atoms with Crippen LogP contribution in [-0.4, -0.2) is 111 Å². The zero-order valence-electron chi connectivity index (χ0n) is 29.1. The smallest absolute Gasteiger partial charge is 0.407 e. The second-order valence-electron chi connectivity index (χ2n) is 13.7. The minimum atomic E-state index is -0.503. The van der Waals surface area contributed by atoms with Crippen molar-refractivity contribution in [2.45, 2.75) is 45.3 Å². The number of para-hydroxylation sites is 1. The molecule has 0 aliphatic carbocycles. The van der Waals surface area contributed by atoms with E-state index in [4.69, 9.17) is 20.3 Å². The molecule has 0 bridgehead atoms. The summed E-state index contributed by atoms with van der Waals surface area (Å²) >= 11 is 0. The van der Waals surface area contributed by atoms with Crippen molar-refractivity contribution in [3.63, 3.8) is 0 Å². The van der Waals surface area contributed by atoms with Crippen LogP contribution in [0.2, 0.25) is 0 Å². The molecule has 13 nitrogen and oxygen atoms in total. The number of carbonyl (C=O) groups excluding carboxylic acids is 2. The summed E-state index contributed by atoms with van der Waals surface area (Å²) < 4.78 is 13.2. The molecule has 0 radical (unpaired) electrons. The first-order valence-electron chi connectivity index (χ1n) is 17.3. The highest BCUT2D eigenvalue weighted by molar-refractivity contribution is 5.98. The molecule has 3 N–H and O–H groups in total. The van der Waals surface area contributed by atoms with Crippen molar-refractivity contribution in [1.29, 1.82) is 0 Å². The number of nitrogen functional groups attached to an aromatic ring is 1. The minimum Gasteiger partial charge on any atom is -0.457 e. The number of hydrogen-bond acceptors (Lipinski definition) is 10. The standard InChI is InChI=1S/C37H47N9O4/c1-37(2,3)50-36(48)39-17-20-44-23-21-43(22-24-44)18-8-12-31(47)45-19-7-9-28(25-45)46-35-32(34(38)40-26-41-35)33(42-46)27-13-15-30(16-14-27)49-29-10-5-4-6-11-29/h4-6,8,10-16,26,28H,7,9,17-25H2,1-3H3,(H,39,48)(H2,38,40,41)/t28-/m1/s1. The molecule has 2 aliphatic heterocycles. The predicted molar refractivity (Wildman–Crippen MR) is 193 cm³/mol. The number of hydrogen-bond donors (Lipinski definition) is 2. The average Bonchev–Trinajstić information content (AvgIpc) is 3.50. The maximum absolute atomic E-state index is 13.3. The molecule has 2 aliphatic rings. The van der Waals surface area contributed by atoms with Gasteiger partial charge in [-0.05, 0) is 70.0 Å². The number of alkyl carbamates (subject to hydrolysis) is 1. The van der Waals surface area contributed by atoms with E-state index in [1.54, 1.807) is 6.08 Å². The normalized spacial score (nSPS) is 17.7. The Labute approximate surface area is 293 Å². The Balaban J connectivity index is 1.03. The first-order valence-corrected chi connectivity index (χ1v) is 17.3. The molecule has 50 heavy (non-hydrogen) atoms. The van der Waals surface area contributed by atoms with Gasteiger partial charge in [0.05, 0.1) is 11.4 Å². The minimum absolute atomic E-state index is 0.00128. The molecule has 2 saturated heterocycles. The number of fused-ring (bicyclic) bond motifs is 1. The second-order valence-corrected chi connectivity index (χ2v) is 13.7. The molecule has 0 saturated carbocycles. The van der Waals surface area contributed by atoms with Gasteiger partial charge in [-0.15, -0.1) is 0 Å². The first-order chi connectivity index (χ1) is 24.1. The largest absolute Gasteiger partial charge is 0.457 e. The molecule has 4 heterocycles. The number of amides is 2. The van der Waals surface area contributed by atoms with Crippen molar-refractivity contribution in [1.82, 2.24) is 39.8 Å². The van der Waals surface area contributed by atoms with Crippen LogP contribution in [-0.2, 0) is 9.53 Å². The highest BCUT2D eigenvalue weighted by Crippen LogP contribution is 2.35. The molecule has 0 unspecified atom stereocenters. The molecule has 2 amide bonds. The summed E-state index contributed by atoms with van der Waals surface area (Å²) in [7, 11) is 0. The fourth-order valence-electron chi connectivity index (χ4n) is 6.35. The van der Waals surface area contributed by atoms with Crippen molar-refractivity contribution in [2.24, 2.45) is 0 Å². The maximum atomic E-state index is 13.3. The van der Waals surface area contributed by atoms with E-state index in [2.05, 4.69) is 25.1 Å². The van der Waals surface area contributed by atoms with Gasteiger partial charge in [-0.2, -0.15) is 5.10 Å². The van der Waals surface area contributed by atoms with E-state index in [0.29, 0.717) is 54.5 Å². The summed E-state index contributed by atoms with van der Waals surface area (Å²) in [6, 6.07) is 17.3. The summed E-state index contributed by atoms with van der Waals surface area (Å²) in [6.45, 7) is 12.4. The van der Waals surface area contributed by atoms with Gasteiger partial charge in [-0.25, -0.2) is 19.4 Å². The van der Waals surface area contributed by atoms with E-state index in [0.717, 1.165) is 56.9 Å². The zero-order valence-corrected chi connectivity index (χ0v) is 29.1. The summed E-state index contributed by atoms with van der Waals surface area (Å²) in [5, 5.41) is 8.55. The molecule has 2 fully saturated rings. The Morgan fingerprint density at radius 1 is 0.960 bits per heavy atom. The number of ether oxygens (including phenoxy) is 2. The Kier molecular flexibility index (Phi) is 10.9. The molecule has 0 spiro atoms. The van der Waals surface area contributed by atoms with Gasteiger partial charge >= 0.3 is 6.09 Å². The summed E-state index contributed by atoms with van der Waals surface area (Å²) in [4.78, 5) is 40.6. The van der Waals surface area contributed by atoms with E-state index in [-0.39, 0.29) is 18.0 Å². The van der Waals surface area contributed by atoms with Crippen LogP contribution in [0.25, 0.3) is 22.3 Å². The topological polar surface area (TPSA) is 144 Å². The lowest BCUT2D eigenvalue weighted by Crippen LogP contribution is -2.48. The average molecular weight is 682 g/mol. The van der Waals surface area contributed by atoms with Crippen LogP contribution in [0.1, 0.15) is 39.7 Å². The van der Waals surface area contributed by atoms with Crippen molar-refractivity contribution < 1.29 is 19.1 Å². The van der Waals surface area contributed by atoms with Crippen molar-refractivity contribution >= 4 is 28.9 Å². The zero-order chi connectivity index (χ0) is 35.1. The van der Waals surface area contributed by atoms with Crippen LogP contribution < -0.4 is 15.8 Å². The van der Waals surface area contributed by atoms with Crippen LogP contribution in [0.4, 0.5) is 10.6 Å². The summed E-state index contributed by atoms with van der Waals surface area (Å²) in [5.74, 6) is 1.85. The number of anilines is 1. The molecule has 264 valence electrons. The van der Waals surface area contributed by atoms with Crippen LogP contribution in [0.15, 0.2) is 73.1 Å². The van der Waals surface area contributed by atoms with Crippen LogP contribution in [0.3, 0.4) is 0 Å². The Bertz CT molecular complexity index is 1780. The number of rotatable bonds is 10. The Morgan fingerprint density at radius 3 is 2.42 bits per heavy atom. The lowest BCUT2D eigenvalue weighted by molar-refractivity contribution is -0.127. The first kappa shape index (κ1) is 34.8. The van der Waals surface area contributed by atoms with Crippen molar-refractivity contribution in [2.75, 3.05) is 64.6 Å². The number of piperazine rings is 1. The fourth-order valence-corrected chi connectivity index (χ4v) is 6.35. The van der Waals surface area contributed by atoms with E-state index in [1.807, 2.05) is 91.0 Å². The van der Waals surface area contributed by atoms with E-state index in [1.165, 1.54) is 6.33 Å². The Hall–Kier alpha value is -5.01. The van der Waals surface area contributed by atoms with Gasteiger partial charge < -0.3 is 25.4 Å². The second kappa shape index (κ2) is 15.7. The van der Waals surface area contributed by atoms with E-state index in [9.17, 15) is 9.59 Å². The molecule has 1 atom stereocenters. The lowest BCUT2D eigenvalue weighted by atomic mass is 10.1. The number of nitrogens with one attached hydrogen (secondary N) is 1. The van der Waals surface area contributed by atoms with Crippen LogP contribution >= 0.6 is 0 Å². The third kappa shape index (κ3) is 8.96. The van der Waals surface area contributed by atoms with Gasteiger partial charge in [0.1, 0.15) is 34.9 Å². The van der Waals surface area contributed by atoms with Crippen LogP contribution in [0, 0.1) is 0 Å². The quantitative estimate of drug-likeness (QED) is 0.226. The fraction of sp³-hybridized carbons (Fsp3) is 0.432. The molecule has 2 aromatic heterocycles. The van der Waals surface area contributed by atoms with Gasteiger partial charge in [-0.1, -0.05) is 24.3 Å². The van der Waals surface area contributed by atoms with E-state index >= 15 is 0 Å². The number of carbonyl (C=O) groups is 2. The van der Waals surface area contributed by atoms with Crippen molar-refractivity contribution in [3.05, 3.63) is 73.1 Å². The van der Waals surface area contributed by atoms with Gasteiger partial charge in [0, 0.05) is 70.5 Å². The number of aromatic nitrogens is 4. The number of nitrogens with two attached hydrogens (primary N) is 1. The maximum Gasteiger partial charge on any atom is 0.407 e. The molecule has 2 aromatic carbocycles. The SMILES string of the molecule is CC(C)(C)OC(=O)NCCN1CCN(CC=CC(=O)N2CCC[C@@H](n3nc(-c4ccc(Oc5ccccc5)cc4)c4c(N)ncnc43)C2)CC1. The monoisotopic (exact) mass is 681 g/mol. The number of nitrogens with zero attached hydrogens (tertiary/aromatic N) is 7. The van der Waals surface area contributed by atoms with Crippen molar-refractivity contribution in [3.8, 4) is 22.8 Å². The third-order valence-electron chi connectivity index (χ3n) is 8.86. The van der Waals surface area contributed by atoms with Gasteiger partial charge in [0.15, 0.2) is 5.65 Å². The number of benzene rings is 2. The van der Waals surface area contributed by atoms with Gasteiger partial charge in [0.25, 0.3) is 0 Å². The molecule has 13 heteroatoms. The molecular formula is C37H47N9O4. The summed E-state index contributed by atoms with van der Waals surface area (Å²) in [6.07, 6.45) is 6.47. The summed E-state index contributed by atoms with van der Waals surface area (Å²) in [5.41, 5.74) is 8.12. The van der Waals surface area contributed by atoms with E-state index < -0.39 is 5.60 Å². The highest BCUT2D eigenvalue weighted by atomic mass is 16.6. The molecule has 6 rings (SSSR count). The molecule has 4 aromatic rings. The lowest BCUT2D eigenvalue weighted by Gasteiger charge is -2.34.